The second kappa shape index (κ2) is 3.69. The van der Waals surface area contributed by atoms with Gasteiger partial charge in [-0.1, -0.05) is 0 Å². The lowest BCUT2D eigenvalue weighted by Crippen LogP contribution is -1.89. The quantitative estimate of drug-likeness (QED) is 0.421. The number of Topliss-reactive ketones (excluding diaryl/α,β-unsaturated/α-hetero) is 1. The summed E-state index contributed by atoms with van der Waals surface area (Å²) in [4.78, 5) is 10.6. The number of hydrogen-bond donors (Lipinski definition) is 2. The number of carbonyl (C=O) groups excluding carboxylic acids is 1. The summed E-state index contributed by atoms with van der Waals surface area (Å²) in [6, 6.07) is 0. The first kappa shape index (κ1) is 7.72. The lowest BCUT2D eigenvalue weighted by atomic mass is 10.4. The highest BCUT2D eigenvalue weighted by Gasteiger charge is 1.92. The first-order valence-corrected chi connectivity index (χ1v) is 2.64. The van der Waals surface area contributed by atoms with E-state index in [9.17, 15) is 4.79 Å². The van der Waals surface area contributed by atoms with Gasteiger partial charge in [0.1, 0.15) is 0 Å². The molecule has 1 N–H and O–H groups in total. The van der Waals surface area contributed by atoms with Gasteiger partial charge < -0.3 is 5.11 Å². The van der Waals surface area contributed by atoms with Crippen LogP contribution in [0.1, 0.15) is 6.92 Å². The fourth-order valence-electron chi connectivity index (χ4n) is 0.230. The molecule has 0 spiro atoms. The number of hydrogen-bond acceptors (Lipinski definition) is 3. The van der Waals surface area contributed by atoms with Crippen molar-refractivity contribution < 1.29 is 9.90 Å². The number of carbonyl (C=O) groups is 1. The molecule has 0 aliphatic heterocycles. The maximum absolute atomic E-state index is 10.3. The second-order valence-electron chi connectivity index (χ2n) is 1.33. The van der Waals surface area contributed by atoms with Crippen LogP contribution in [0.4, 0.5) is 0 Å². The zero-order chi connectivity index (χ0) is 6.57. The summed E-state index contributed by atoms with van der Waals surface area (Å²) in [6.07, 6.45) is 1.35. The summed E-state index contributed by atoms with van der Waals surface area (Å²) in [5.74, 6) is -0.123. The highest BCUT2D eigenvalue weighted by molar-refractivity contribution is 7.85. The second-order valence-corrected chi connectivity index (χ2v) is 1.81. The highest BCUT2D eigenvalue weighted by atomic mass is 32.1. The third kappa shape index (κ3) is 2.82. The predicted octanol–water partition coefficient (Wildman–Crippen LogP) is 0.381. The van der Waals surface area contributed by atoms with Gasteiger partial charge in [0.2, 0.25) is 0 Å². The summed E-state index contributed by atoms with van der Waals surface area (Å²) in [7, 11) is 0. The van der Waals surface area contributed by atoms with E-state index in [0.29, 0.717) is 4.91 Å². The van der Waals surface area contributed by atoms with Crippen molar-refractivity contribution in [3.63, 3.8) is 0 Å². The van der Waals surface area contributed by atoms with Gasteiger partial charge in [-0.3, -0.25) is 4.79 Å². The van der Waals surface area contributed by atoms with E-state index in [1.54, 1.807) is 0 Å². The lowest BCUT2D eigenvalue weighted by Gasteiger charge is -1.87. The van der Waals surface area contributed by atoms with Gasteiger partial charge in [0.05, 0.1) is 6.61 Å². The summed E-state index contributed by atoms with van der Waals surface area (Å²) in [6.45, 7) is 1.27. The Kier molecular flexibility index (Phi) is 3.56. The Morgan fingerprint density at radius 1 is 1.88 bits per heavy atom. The predicted molar refractivity (Wildman–Crippen MR) is 34.8 cm³/mol. The van der Waals surface area contributed by atoms with Gasteiger partial charge in [-0.15, -0.1) is 12.6 Å². The van der Waals surface area contributed by atoms with Crippen molar-refractivity contribution in [2.75, 3.05) is 6.61 Å². The molecule has 0 fully saturated rings. The first-order valence-electron chi connectivity index (χ1n) is 2.19. The number of thiol groups is 1. The van der Waals surface area contributed by atoms with Crippen molar-refractivity contribution in [1.82, 2.24) is 0 Å². The van der Waals surface area contributed by atoms with Gasteiger partial charge >= 0.3 is 0 Å². The van der Waals surface area contributed by atoms with Crippen LogP contribution in [0, 0.1) is 0 Å². The fraction of sp³-hybridized carbons (Fsp3) is 0.400. The molecule has 0 heterocycles. The van der Waals surface area contributed by atoms with Crippen molar-refractivity contribution in [1.29, 1.82) is 0 Å². The zero-order valence-corrected chi connectivity index (χ0v) is 5.48. The molecule has 3 heteroatoms. The lowest BCUT2D eigenvalue weighted by molar-refractivity contribution is -0.112. The minimum atomic E-state index is -0.127. The van der Waals surface area contributed by atoms with Crippen LogP contribution in [-0.4, -0.2) is 17.5 Å². The van der Waals surface area contributed by atoms with Crippen LogP contribution in [0.3, 0.4) is 0 Å². The third-order valence-electron chi connectivity index (χ3n) is 0.645. The van der Waals surface area contributed by atoms with Gasteiger partial charge in [0.15, 0.2) is 5.78 Å². The van der Waals surface area contributed by atoms with Crippen molar-refractivity contribution in [3.05, 3.63) is 11.0 Å². The maximum Gasteiger partial charge on any atom is 0.165 e. The number of allylic oxidation sites excluding steroid dienone is 1. The van der Waals surface area contributed by atoms with Crippen molar-refractivity contribution >= 4 is 18.4 Å². The van der Waals surface area contributed by atoms with Gasteiger partial charge in [0, 0.05) is 4.91 Å². The molecule has 0 saturated heterocycles. The molecule has 0 atom stereocenters. The summed E-state index contributed by atoms with van der Waals surface area (Å²) in [5, 5.41) is 8.21. The third-order valence-corrected chi connectivity index (χ3v) is 1.14. The summed E-state index contributed by atoms with van der Waals surface area (Å²) < 4.78 is 0. The van der Waals surface area contributed by atoms with E-state index in [1.807, 2.05) is 0 Å². The summed E-state index contributed by atoms with van der Waals surface area (Å²) in [5.41, 5.74) is 0. The monoisotopic (exact) mass is 132 g/mol. The SMILES string of the molecule is CC(=O)C(S)=CCO. The van der Waals surface area contributed by atoms with Gasteiger partial charge in [-0.25, -0.2) is 0 Å². The fourth-order valence-corrected chi connectivity index (χ4v) is 0.312. The molecule has 0 rings (SSSR count). The van der Waals surface area contributed by atoms with Crippen LogP contribution in [0.25, 0.3) is 0 Å². The Morgan fingerprint density at radius 2 is 2.38 bits per heavy atom. The van der Waals surface area contributed by atoms with Crippen LogP contribution in [0.2, 0.25) is 0 Å². The molecule has 8 heavy (non-hydrogen) atoms. The van der Waals surface area contributed by atoms with E-state index in [0.717, 1.165) is 0 Å². The van der Waals surface area contributed by atoms with E-state index in [-0.39, 0.29) is 12.4 Å². The van der Waals surface area contributed by atoms with E-state index in [2.05, 4.69) is 12.6 Å². The molecule has 0 aliphatic carbocycles. The molecule has 2 nitrogen and oxygen atoms in total. The molecule has 0 aromatic carbocycles. The van der Waals surface area contributed by atoms with Crippen LogP contribution < -0.4 is 0 Å². The molecule has 0 aromatic rings. The number of aliphatic hydroxyl groups is 1. The number of aliphatic hydroxyl groups excluding tert-OH is 1. The molecular weight excluding hydrogens is 124 g/mol. The number of rotatable bonds is 2. The molecule has 0 saturated carbocycles. The Balaban J connectivity index is 3.80. The molecule has 0 unspecified atom stereocenters. The van der Waals surface area contributed by atoms with Crippen LogP contribution in [0.15, 0.2) is 11.0 Å². The molecule has 0 aliphatic rings. The van der Waals surface area contributed by atoms with Crippen molar-refractivity contribution in [2.45, 2.75) is 6.92 Å². The number of ketones is 1. The minimum absolute atomic E-state index is 0.123. The van der Waals surface area contributed by atoms with Crippen molar-refractivity contribution in [2.24, 2.45) is 0 Å². The van der Waals surface area contributed by atoms with Crippen LogP contribution in [0.5, 0.6) is 0 Å². The Hall–Kier alpha value is -0.280. The molecule has 0 bridgehead atoms. The van der Waals surface area contributed by atoms with Crippen LogP contribution >= 0.6 is 12.6 Å². The van der Waals surface area contributed by atoms with E-state index < -0.39 is 0 Å². The minimum Gasteiger partial charge on any atom is -0.392 e. The maximum atomic E-state index is 10.3. The zero-order valence-electron chi connectivity index (χ0n) is 4.59. The standard InChI is InChI=1S/C5H8O2S/c1-4(7)5(8)2-3-6/h2,6,8H,3H2,1H3. The Bertz CT molecular complexity index is 118. The van der Waals surface area contributed by atoms with Crippen molar-refractivity contribution in [3.8, 4) is 0 Å². The normalized spacial score (nSPS) is 11.6. The van der Waals surface area contributed by atoms with E-state index in [4.69, 9.17) is 5.11 Å². The molecule has 0 radical (unpaired) electrons. The molecule has 0 aromatic heterocycles. The van der Waals surface area contributed by atoms with Gasteiger partial charge in [-0.05, 0) is 13.0 Å². The van der Waals surface area contributed by atoms with E-state index in [1.165, 1.54) is 13.0 Å². The van der Waals surface area contributed by atoms with Gasteiger partial charge in [0.25, 0.3) is 0 Å². The highest BCUT2D eigenvalue weighted by Crippen LogP contribution is 1.98. The summed E-state index contributed by atoms with van der Waals surface area (Å²) >= 11 is 3.76. The molecule has 0 amide bonds. The molecular formula is C5H8O2S. The Morgan fingerprint density at radius 3 is 2.50 bits per heavy atom. The Labute approximate surface area is 53.6 Å². The average molecular weight is 132 g/mol. The largest absolute Gasteiger partial charge is 0.392 e. The van der Waals surface area contributed by atoms with Gasteiger partial charge in [-0.2, -0.15) is 0 Å². The first-order chi connectivity index (χ1) is 3.68. The smallest absolute Gasteiger partial charge is 0.165 e. The average Bonchev–Trinajstić information content (AvgIpc) is 1.67. The molecule has 46 valence electrons. The topological polar surface area (TPSA) is 37.3 Å². The van der Waals surface area contributed by atoms with E-state index >= 15 is 0 Å². The van der Waals surface area contributed by atoms with Crippen LogP contribution in [-0.2, 0) is 4.79 Å².